The van der Waals surface area contributed by atoms with E-state index in [1.54, 1.807) is 12.4 Å². The van der Waals surface area contributed by atoms with Crippen molar-refractivity contribution in [3.63, 3.8) is 0 Å². The lowest BCUT2D eigenvalue weighted by atomic mass is 9.98. The van der Waals surface area contributed by atoms with Crippen molar-refractivity contribution < 1.29 is 0 Å². The summed E-state index contributed by atoms with van der Waals surface area (Å²) in [6, 6.07) is 12.1. The molecule has 0 amide bonds. The fraction of sp³-hybridized carbons (Fsp3) is 0.125. The number of halogens is 1. The molecular weight excluding hydrogens is 270 g/mol. The van der Waals surface area contributed by atoms with Gasteiger partial charge >= 0.3 is 0 Å². The molecule has 2 aromatic heterocycles. The summed E-state index contributed by atoms with van der Waals surface area (Å²) in [6.45, 7) is 0. The van der Waals surface area contributed by atoms with Gasteiger partial charge in [-0.2, -0.15) is 0 Å². The maximum atomic E-state index is 5.91. The highest BCUT2D eigenvalue weighted by molar-refractivity contribution is 6.30. The SMILES string of the molecule is CNC(c1ccc(Cl)cn1)c1cccc2ccncc12. The van der Waals surface area contributed by atoms with Crippen molar-refractivity contribution in [2.45, 2.75) is 6.04 Å². The van der Waals surface area contributed by atoms with Crippen molar-refractivity contribution in [1.29, 1.82) is 0 Å². The van der Waals surface area contributed by atoms with E-state index in [1.165, 1.54) is 5.39 Å². The standard InChI is InChI=1S/C16H14ClN3/c1-18-16(15-6-5-12(17)9-20-15)13-4-2-3-11-7-8-19-10-14(11)13/h2-10,16,18H,1H3. The average Bonchev–Trinajstić information content (AvgIpc) is 2.50. The number of hydrogen-bond donors (Lipinski definition) is 1. The zero-order valence-electron chi connectivity index (χ0n) is 11.0. The van der Waals surface area contributed by atoms with E-state index in [-0.39, 0.29) is 6.04 Å². The first-order valence-electron chi connectivity index (χ1n) is 6.41. The van der Waals surface area contributed by atoms with Gasteiger partial charge in [0.1, 0.15) is 0 Å². The van der Waals surface area contributed by atoms with Crippen LogP contribution in [0.4, 0.5) is 0 Å². The van der Waals surface area contributed by atoms with Crippen LogP contribution in [-0.2, 0) is 0 Å². The second-order valence-electron chi connectivity index (χ2n) is 4.57. The number of nitrogens with zero attached hydrogens (tertiary/aromatic N) is 2. The van der Waals surface area contributed by atoms with Gasteiger partial charge in [0.25, 0.3) is 0 Å². The van der Waals surface area contributed by atoms with Crippen molar-refractivity contribution in [3.8, 4) is 0 Å². The van der Waals surface area contributed by atoms with Crippen LogP contribution in [0, 0.1) is 0 Å². The Labute approximate surface area is 122 Å². The lowest BCUT2D eigenvalue weighted by Gasteiger charge is -2.18. The third-order valence-electron chi connectivity index (χ3n) is 3.36. The van der Waals surface area contributed by atoms with Crippen LogP contribution in [0.1, 0.15) is 17.3 Å². The first-order chi connectivity index (χ1) is 9.79. The van der Waals surface area contributed by atoms with Crippen LogP contribution < -0.4 is 5.32 Å². The van der Waals surface area contributed by atoms with Gasteiger partial charge < -0.3 is 5.32 Å². The first-order valence-corrected chi connectivity index (χ1v) is 6.79. The van der Waals surface area contributed by atoms with E-state index in [2.05, 4.69) is 33.5 Å². The molecule has 0 saturated heterocycles. The molecule has 0 aliphatic carbocycles. The molecule has 1 aromatic carbocycles. The van der Waals surface area contributed by atoms with Crippen molar-refractivity contribution in [1.82, 2.24) is 15.3 Å². The molecule has 1 atom stereocenters. The van der Waals surface area contributed by atoms with E-state index >= 15 is 0 Å². The number of pyridine rings is 2. The first kappa shape index (κ1) is 13.0. The Bertz CT molecular complexity index is 720. The predicted molar refractivity (Wildman–Crippen MR) is 81.9 cm³/mol. The summed E-state index contributed by atoms with van der Waals surface area (Å²) in [6.07, 6.45) is 5.37. The van der Waals surface area contributed by atoms with Crippen LogP contribution in [0.5, 0.6) is 0 Å². The quantitative estimate of drug-likeness (QED) is 0.798. The topological polar surface area (TPSA) is 37.8 Å². The van der Waals surface area contributed by atoms with E-state index in [0.29, 0.717) is 5.02 Å². The van der Waals surface area contributed by atoms with Crippen LogP contribution in [0.3, 0.4) is 0 Å². The molecule has 1 N–H and O–H groups in total. The van der Waals surface area contributed by atoms with Crippen molar-refractivity contribution in [2.24, 2.45) is 0 Å². The van der Waals surface area contributed by atoms with Crippen LogP contribution in [-0.4, -0.2) is 17.0 Å². The van der Waals surface area contributed by atoms with Crippen molar-refractivity contribution in [3.05, 3.63) is 71.3 Å². The second kappa shape index (κ2) is 5.57. The molecule has 100 valence electrons. The van der Waals surface area contributed by atoms with Gasteiger partial charge in [-0.05, 0) is 36.2 Å². The van der Waals surface area contributed by atoms with Crippen molar-refractivity contribution in [2.75, 3.05) is 7.05 Å². The fourth-order valence-electron chi connectivity index (χ4n) is 2.41. The molecule has 0 bridgehead atoms. The number of fused-ring (bicyclic) bond motifs is 1. The monoisotopic (exact) mass is 283 g/mol. The minimum absolute atomic E-state index is 0.0140. The third-order valence-corrected chi connectivity index (χ3v) is 3.59. The maximum Gasteiger partial charge on any atom is 0.0755 e. The Morgan fingerprint density at radius 3 is 2.75 bits per heavy atom. The highest BCUT2D eigenvalue weighted by Crippen LogP contribution is 2.27. The fourth-order valence-corrected chi connectivity index (χ4v) is 2.52. The predicted octanol–water partition coefficient (Wildman–Crippen LogP) is 3.59. The summed E-state index contributed by atoms with van der Waals surface area (Å²) < 4.78 is 0. The van der Waals surface area contributed by atoms with Gasteiger partial charge in [0.05, 0.1) is 16.8 Å². The summed E-state index contributed by atoms with van der Waals surface area (Å²) in [5.74, 6) is 0. The Balaban J connectivity index is 2.14. The summed E-state index contributed by atoms with van der Waals surface area (Å²) in [5, 5.41) is 6.26. The van der Waals surface area contributed by atoms with E-state index in [4.69, 9.17) is 11.6 Å². The number of benzene rings is 1. The zero-order valence-corrected chi connectivity index (χ0v) is 11.8. The number of aromatic nitrogens is 2. The van der Waals surface area contributed by atoms with Crippen LogP contribution in [0.2, 0.25) is 5.02 Å². The van der Waals surface area contributed by atoms with Gasteiger partial charge in [0.15, 0.2) is 0 Å². The lowest BCUT2D eigenvalue weighted by molar-refractivity contribution is 0.675. The molecule has 0 saturated carbocycles. The summed E-state index contributed by atoms with van der Waals surface area (Å²) >= 11 is 5.91. The summed E-state index contributed by atoms with van der Waals surface area (Å²) in [4.78, 5) is 8.65. The highest BCUT2D eigenvalue weighted by Gasteiger charge is 2.15. The zero-order chi connectivity index (χ0) is 13.9. The molecule has 20 heavy (non-hydrogen) atoms. The Morgan fingerprint density at radius 2 is 2.00 bits per heavy atom. The number of hydrogen-bond acceptors (Lipinski definition) is 3. The Kier molecular flexibility index (Phi) is 3.63. The van der Waals surface area contributed by atoms with Gasteiger partial charge in [-0.3, -0.25) is 9.97 Å². The van der Waals surface area contributed by atoms with E-state index in [9.17, 15) is 0 Å². The normalized spacial score (nSPS) is 12.5. The molecule has 3 nitrogen and oxygen atoms in total. The van der Waals surface area contributed by atoms with Gasteiger partial charge in [-0.25, -0.2) is 0 Å². The highest BCUT2D eigenvalue weighted by atomic mass is 35.5. The molecule has 3 aromatic rings. The van der Waals surface area contributed by atoms with Crippen LogP contribution in [0.15, 0.2) is 55.0 Å². The maximum absolute atomic E-state index is 5.91. The molecule has 0 aliphatic heterocycles. The smallest absolute Gasteiger partial charge is 0.0755 e. The molecule has 3 rings (SSSR count). The molecular formula is C16H14ClN3. The van der Waals surface area contributed by atoms with Gasteiger partial charge in [-0.1, -0.05) is 29.8 Å². The average molecular weight is 284 g/mol. The molecule has 0 radical (unpaired) electrons. The van der Waals surface area contributed by atoms with Gasteiger partial charge in [0, 0.05) is 24.0 Å². The minimum atomic E-state index is 0.0140. The van der Waals surface area contributed by atoms with Crippen LogP contribution >= 0.6 is 11.6 Å². The Morgan fingerprint density at radius 1 is 1.10 bits per heavy atom. The van der Waals surface area contributed by atoms with Gasteiger partial charge in [-0.15, -0.1) is 0 Å². The van der Waals surface area contributed by atoms with E-state index in [0.717, 1.165) is 16.6 Å². The third kappa shape index (κ3) is 2.38. The molecule has 4 heteroatoms. The molecule has 0 aliphatic rings. The largest absolute Gasteiger partial charge is 0.308 e. The molecule has 0 fully saturated rings. The second-order valence-corrected chi connectivity index (χ2v) is 5.00. The molecule has 2 heterocycles. The van der Waals surface area contributed by atoms with Crippen LogP contribution in [0.25, 0.3) is 10.8 Å². The van der Waals surface area contributed by atoms with Gasteiger partial charge in [0.2, 0.25) is 0 Å². The summed E-state index contributed by atoms with van der Waals surface area (Å²) in [5.41, 5.74) is 2.10. The van der Waals surface area contributed by atoms with Crippen molar-refractivity contribution >= 4 is 22.4 Å². The van der Waals surface area contributed by atoms with E-state index < -0.39 is 0 Å². The Hall–Kier alpha value is -1.97. The van der Waals surface area contributed by atoms with E-state index in [1.807, 2.05) is 31.4 Å². The number of nitrogens with one attached hydrogen (secondary N) is 1. The lowest BCUT2D eigenvalue weighted by Crippen LogP contribution is -2.19. The molecule has 0 spiro atoms. The number of rotatable bonds is 3. The minimum Gasteiger partial charge on any atom is -0.308 e. The summed E-state index contributed by atoms with van der Waals surface area (Å²) in [7, 11) is 1.93. The molecule has 1 unspecified atom stereocenters.